The van der Waals surface area contributed by atoms with Crippen molar-refractivity contribution in [3.05, 3.63) is 23.9 Å². The maximum absolute atomic E-state index is 12.0. The summed E-state index contributed by atoms with van der Waals surface area (Å²) in [6.45, 7) is 5.66. The Morgan fingerprint density at radius 3 is 2.95 bits per heavy atom. The van der Waals surface area contributed by atoms with Gasteiger partial charge in [0.2, 0.25) is 5.91 Å². The van der Waals surface area contributed by atoms with Gasteiger partial charge in [-0.15, -0.1) is 0 Å². The van der Waals surface area contributed by atoms with Crippen LogP contribution in [-0.2, 0) is 11.3 Å². The Labute approximate surface area is 131 Å². The number of piperazine rings is 1. The number of nitrogens with zero attached hydrogens (tertiary/aromatic N) is 3. The number of carbonyl (C=O) groups excluding carboxylic acids is 1. The first-order valence-corrected chi connectivity index (χ1v) is 8.12. The van der Waals surface area contributed by atoms with Gasteiger partial charge in [0, 0.05) is 38.9 Å². The zero-order valence-corrected chi connectivity index (χ0v) is 13.2. The van der Waals surface area contributed by atoms with Gasteiger partial charge in [-0.1, -0.05) is 0 Å². The monoisotopic (exact) mass is 303 g/mol. The fraction of sp³-hybridized carbons (Fsp3) is 0.625. The average molecular weight is 303 g/mol. The summed E-state index contributed by atoms with van der Waals surface area (Å²) < 4.78 is 0. The summed E-state index contributed by atoms with van der Waals surface area (Å²) in [6.07, 6.45) is 3.86. The van der Waals surface area contributed by atoms with Crippen molar-refractivity contribution in [3.63, 3.8) is 0 Å². The molecule has 0 unspecified atom stereocenters. The predicted octanol–water partition coefficient (Wildman–Crippen LogP) is 0.202. The van der Waals surface area contributed by atoms with Crippen LogP contribution in [0.1, 0.15) is 18.4 Å². The number of anilines is 1. The minimum Gasteiger partial charge on any atom is -0.354 e. The number of rotatable bonds is 4. The lowest BCUT2D eigenvalue weighted by Gasteiger charge is -2.33. The van der Waals surface area contributed by atoms with Crippen molar-refractivity contribution in [2.45, 2.75) is 25.4 Å². The summed E-state index contributed by atoms with van der Waals surface area (Å²) >= 11 is 0. The minimum absolute atomic E-state index is 0.0149. The van der Waals surface area contributed by atoms with E-state index in [1.165, 1.54) is 0 Å². The quantitative estimate of drug-likeness (QED) is 0.832. The van der Waals surface area contributed by atoms with Gasteiger partial charge in [0.1, 0.15) is 5.82 Å². The lowest BCUT2D eigenvalue weighted by molar-refractivity contribution is -0.122. The molecule has 6 heteroatoms. The van der Waals surface area contributed by atoms with Gasteiger partial charge in [-0.2, -0.15) is 0 Å². The normalized spacial score (nSPS) is 22.8. The highest BCUT2D eigenvalue weighted by Gasteiger charge is 2.21. The fourth-order valence-corrected chi connectivity index (χ4v) is 3.00. The zero-order valence-electron chi connectivity index (χ0n) is 13.2. The highest BCUT2D eigenvalue weighted by molar-refractivity contribution is 5.82. The predicted molar refractivity (Wildman–Crippen MR) is 86.8 cm³/mol. The van der Waals surface area contributed by atoms with Crippen LogP contribution in [-0.4, -0.2) is 61.6 Å². The standard InChI is InChI=1S/C16H25N5O/c1-20-7-9-21(10-8-20)15-11-13(4-6-18-15)12-19-16(22)14-3-2-5-17-14/h4,6,11,14,17H,2-3,5,7-10,12H2,1H3,(H,19,22)/t14-/m0/s1. The molecule has 1 aromatic heterocycles. The third-order valence-corrected chi connectivity index (χ3v) is 4.48. The molecule has 120 valence electrons. The van der Waals surface area contributed by atoms with E-state index in [1.54, 1.807) is 0 Å². The fourth-order valence-electron chi connectivity index (χ4n) is 3.00. The van der Waals surface area contributed by atoms with Crippen LogP contribution in [0, 0.1) is 0 Å². The molecule has 0 aliphatic carbocycles. The largest absolute Gasteiger partial charge is 0.354 e. The molecular formula is C16H25N5O. The van der Waals surface area contributed by atoms with Crippen LogP contribution in [0.5, 0.6) is 0 Å². The molecule has 2 N–H and O–H groups in total. The number of amides is 1. The maximum Gasteiger partial charge on any atom is 0.237 e. The van der Waals surface area contributed by atoms with Crippen LogP contribution in [0.3, 0.4) is 0 Å². The van der Waals surface area contributed by atoms with E-state index >= 15 is 0 Å². The van der Waals surface area contributed by atoms with Crippen molar-refractivity contribution < 1.29 is 4.79 Å². The Hall–Kier alpha value is -1.66. The van der Waals surface area contributed by atoms with Crippen molar-refractivity contribution >= 4 is 11.7 Å². The summed E-state index contributed by atoms with van der Waals surface area (Å²) in [7, 11) is 2.15. The lowest BCUT2D eigenvalue weighted by atomic mass is 10.2. The molecule has 0 spiro atoms. The first kappa shape index (κ1) is 15.2. The summed E-state index contributed by atoms with van der Waals surface area (Å²) in [5.41, 5.74) is 1.11. The molecule has 2 aliphatic heterocycles. The van der Waals surface area contributed by atoms with Crippen molar-refractivity contribution in [1.82, 2.24) is 20.5 Å². The first-order valence-electron chi connectivity index (χ1n) is 8.12. The summed E-state index contributed by atoms with van der Waals surface area (Å²) in [5, 5.41) is 6.24. The number of hydrogen-bond acceptors (Lipinski definition) is 5. The SMILES string of the molecule is CN1CCN(c2cc(CNC(=O)[C@@H]3CCCN3)ccn2)CC1. The minimum atomic E-state index is -0.0149. The number of hydrogen-bond donors (Lipinski definition) is 2. The molecule has 1 atom stereocenters. The van der Waals surface area contributed by atoms with Gasteiger partial charge in [0.05, 0.1) is 6.04 Å². The molecule has 1 amide bonds. The van der Waals surface area contributed by atoms with E-state index in [2.05, 4.69) is 38.5 Å². The molecule has 3 heterocycles. The third kappa shape index (κ3) is 3.75. The van der Waals surface area contributed by atoms with Crippen molar-refractivity contribution in [3.8, 4) is 0 Å². The van der Waals surface area contributed by atoms with E-state index in [0.717, 1.165) is 56.9 Å². The smallest absolute Gasteiger partial charge is 0.237 e. The van der Waals surface area contributed by atoms with Gasteiger partial charge in [0.15, 0.2) is 0 Å². The molecule has 2 aliphatic rings. The van der Waals surface area contributed by atoms with E-state index in [-0.39, 0.29) is 11.9 Å². The second kappa shape index (κ2) is 7.07. The molecular weight excluding hydrogens is 278 g/mol. The molecule has 2 saturated heterocycles. The number of likely N-dealkylation sites (N-methyl/N-ethyl adjacent to an activating group) is 1. The number of aromatic nitrogens is 1. The molecule has 1 aromatic rings. The van der Waals surface area contributed by atoms with Gasteiger partial charge in [-0.3, -0.25) is 4.79 Å². The third-order valence-electron chi connectivity index (χ3n) is 4.48. The molecule has 3 rings (SSSR count). The molecule has 0 saturated carbocycles. The van der Waals surface area contributed by atoms with Crippen LogP contribution in [0.4, 0.5) is 5.82 Å². The van der Waals surface area contributed by atoms with Crippen LogP contribution < -0.4 is 15.5 Å². The van der Waals surface area contributed by atoms with Crippen molar-refractivity contribution in [2.75, 3.05) is 44.7 Å². The van der Waals surface area contributed by atoms with Gasteiger partial charge >= 0.3 is 0 Å². The van der Waals surface area contributed by atoms with Gasteiger partial charge < -0.3 is 20.4 Å². The molecule has 0 bridgehead atoms. The topological polar surface area (TPSA) is 60.5 Å². The highest BCUT2D eigenvalue weighted by atomic mass is 16.2. The summed E-state index contributed by atoms with van der Waals surface area (Å²) in [5.74, 6) is 1.12. The van der Waals surface area contributed by atoms with Crippen LogP contribution in [0.2, 0.25) is 0 Å². The Kier molecular flexibility index (Phi) is 4.90. The van der Waals surface area contributed by atoms with Gasteiger partial charge in [-0.25, -0.2) is 4.98 Å². The van der Waals surface area contributed by atoms with Gasteiger partial charge in [0.25, 0.3) is 0 Å². The van der Waals surface area contributed by atoms with Gasteiger partial charge in [-0.05, 0) is 44.1 Å². The van der Waals surface area contributed by atoms with E-state index in [1.807, 2.05) is 12.3 Å². The van der Waals surface area contributed by atoms with E-state index in [0.29, 0.717) is 6.54 Å². The molecule has 6 nitrogen and oxygen atoms in total. The Morgan fingerprint density at radius 1 is 1.41 bits per heavy atom. The zero-order chi connectivity index (χ0) is 15.4. The Bertz CT molecular complexity index is 507. The average Bonchev–Trinajstić information content (AvgIpc) is 3.08. The Balaban J connectivity index is 1.55. The van der Waals surface area contributed by atoms with Crippen LogP contribution in [0.25, 0.3) is 0 Å². The van der Waals surface area contributed by atoms with Crippen molar-refractivity contribution in [1.29, 1.82) is 0 Å². The summed E-state index contributed by atoms with van der Waals surface area (Å²) in [6, 6.07) is 4.05. The number of pyridine rings is 1. The number of carbonyl (C=O) groups is 1. The number of nitrogens with one attached hydrogen (secondary N) is 2. The maximum atomic E-state index is 12.0. The van der Waals surface area contributed by atoms with E-state index in [9.17, 15) is 4.79 Å². The first-order chi connectivity index (χ1) is 10.7. The Morgan fingerprint density at radius 2 is 2.23 bits per heavy atom. The summed E-state index contributed by atoms with van der Waals surface area (Å²) in [4.78, 5) is 21.1. The molecule has 22 heavy (non-hydrogen) atoms. The van der Waals surface area contributed by atoms with E-state index in [4.69, 9.17) is 0 Å². The lowest BCUT2D eigenvalue weighted by Crippen LogP contribution is -2.44. The second-order valence-electron chi connectivity index (χ2n) is 6.18. The second-order valence-corrected chi connectivity index (χ2v) is 6.18. The van der Waals surface area contributed by atoms with Crippen molar-refractivity contribution in [2.24, 2.45) is 0 Å². The molecule has 0 radical (unpaired) electrons. The molecule has 2 fully saturated rings. The van der Waals surface area contributed by atoms with Crippen LogP contribution >= 0.6 is 0 Å². The highest BCUT2D eigenvalue weighted by Crippen LogP contribution is 2.15. The van der Waals surface area contributed by atoms with E-state index < -0.39 is 0 Å². The molecule has 0 aromatic carbocycles. The van der Waals surface area contributed by atoms with Crippen LogP contribution in [0.15, 0.2) is 18.3 Å².